The number of benzene rings is 1. The first-order valence-electron chi connectivity index (χ1n) is 6.65. The molecule has 0 aliphatic carbocycles. The van der Waals surface area contributed by atoms with Crippen LogP contribution in [0.25, 0.3) is 0 Å². The van der Waals surface area contributed by atoms with Gasteiger partial charge in [0.15, 0.2) is 10.9 Å². The molecule has 1 heterocycles. The normalized spacial score (nSPS) is 11.4. The number of hydrogen-bond donors (Lipinski definition) is 2. The van der Waals surface area contributed by atoms with Gasteiger partial charge in [-0.1, -0.05) is 12.1 Å². The molecule has 6 nitrogen and oxygen atoms in total. The van der Waals surface area contributed by atoms with E-state index in [2.05, 4.69) is 15.0 Å². The molecule has 0 atom stereocenters. The second-order valence-electron chi connectivity index (χ2n) is 4.63. The summed E-state index contributed by atoms with van der Waals surface area (Å²) in [6.45, 7) is 1.65. The lowest BCUT2D eigenvalue weighted by molar-refractivity contribution is 0.101. The average Bonchev–Trinajstić information content (AvgIpc) is 2.95. The Morgan fingerprint density at radius 1 is 1.36 bits per heavy atom. The summed E-state index contributed by atoms with van der Waals surface area (Å²) in [5.41, 5.74) is 1.20. The number of nitrogens with zero attached hydrogens (tertiary/aromatic N) is 1. The van der Waals surface area contributed by atoms with Crippen molar-refractivity contribution in [1.82, 2.24) is 9.71 Å². The Morgan fingerprint density at radius 2 is 2.14 bits per heavy atom. The van der Waals surface area contributed by atoms with Crippen LogP contribution in [-0.2, 0) is 16.4 Å². The third-order valence-corrected chi connectivity index (χ3v) is 5.36. The number of anilines is 1. The summed E-state index contributed by atoms with van der Waals surface area (Å²) in [5.74, 6) is -0.167. The number of carbonyl (C=O) groups excluding carboxylic acids is 1. The molecule has 0 amide bonds. The van der Waals surface area contributed by atoms with Crippen LogP contribution in [0.4, 0.5) is 5.13 Å². The van der Waals surface area contributed by atoms with Crippen LogP contribution in [0.5, 0.6) is 0 Å². The molecule has 0 saturated carbocycles. The molecule has 1 aromatic heterocycles. The van der Waals surface area contributed by atoms with Crippen molar-refractivity contribution in [1.29, 1.82) is 0 Å². The standard InChI is InChI=1S/C14H17N3O3S2/c1-10(18)11-4-3-5-13(8-11)22(19,20)16-7-6-12-9-21-14(15-2)17-12/h3-5,8-9,16H,6-7H2,1-2H3,(H,15,17). The molecule has 0 fully saturated rings. The van der Waals surface area contributed by atoms with E-state index in [1.54, 1.807) is 19.2 Å². The summed E-state index contributed by atoms with van der Waals surface area (Å²) in [6.07, 6.45) is 0.504. The number of thiazole rings is 1. The molecular weight excluding hydrogens is 322 g/mol. The van der Waals surface area contributed by atoms with E-state index in [0.717, 1.165) is 10.8 Å². The highest BCUT2D eigenvalue weighted by Crippen LogP contribution is 2.15. The smallest absolute Gasteiger partial charge is 0.240 e. The lowest BCUT2D eigenvalue weighted by atomic mass is 10.2. The van der Waals surface area contributed by atoms with Crippen molar-refractivity contribution >= 4 is 32.3 Å². The number of rotatable bonds is 7. The topological polar surface area (TPSA) is 88.2 Å². The molecule has 0 radical (unpaired) electrons. The van der Waals surface area contributed by atoms with Crippen LogP contribution in [0.2, 0.25) is 0 Å². The lowest BCUT2D eigenvalue weighted by Crippen LogP contribution is -2.26. The molecule has 118 valence electrons. The molecule has 0 aliphatic heterocycles. The van der Waals surface area contributed by atoms with Crippen molar-refractivity contribution in [2.45, 2.75) is 18.2 Å². The van der Waals surface area contributed by atoms with Gasteiger partial charge in [-0.25, -0.2) is 18.1 Å². The highest BCUT2D eigenvalue weighted by atomic mass is 32.2. The van der Waals surface area contributed by atoms with Crippen LogP contribution < -0.4 is 10.0 Å². The summed E-state index contributed by atoms with van der Waals surface area (Å²) in [7, 11) is -1.84. The van der Waals surface area contributed by atoms with Crippen LogP contribution in [0, 0.1) is 0 Å². The van der Waals surface area contributed by atoms with Crippen LogP contribution in [0.1, 0.15) is 23.0 Å². The largest absolute Gasteiger partial charge is 0.365 e. The van der Waals surface area contributed by atoms with E-state index >= 15 is 0 Å². The fourth-order valence-electron chi connectivity index (χ4n) is 1.82. The molecule has 0 saturated heterocycles. The number of aromatic nitrogens is 1. The van der Waals surface area contributed by atoms with Gasteiger partial charge in [-0.15, -0.1) is 11.3 Å². The summed E-state index contributed by atoms with van der Waals surface area (Å²) < 4.78 is 26.9. The van der Waals surface area contributed by atoms with Gasteiger partial charge >= 0.3 is 0 Å². The Hall–Kier alpha value is -1.77. The predicted octanol–water partition coefficient (Wildman–Crippen LogP) is 1.91. The Balaban J connectivity index is 2.01. The Bertz CT molecular complexity index is 769. The van der Waals surface area contributed by atoms with Crippen LogP contribution in [0.3, 0.4) is 0 Å². The van der Waals surface area contributed by atoms with Crippen molar-refractivity contribution in [3.63, 3.8) is 0 Å². The molecular formula is C14H17N3O3S2. The second-order valence-corrected chi connectivity index (χ2v) is 7.25. The first-order valence-corrected chi connectivity index (χ1v) is 9.01. The first kappa shape index (κ1) is 16.6. The first-order chi connectivity index (χ1) is 10.4. The molecule has 0 bridgehead atoms. The van der Waals surface area contributed by atoms with Crippen LogP contribution in [0.15, 0.2) is 34.5 Å². The van der Waals surface area contributed by atoms with E-state index in [-0.39, 0.29) is 17.2 Å². The molecule has 2 N–H and O–H groups in total. The van der Waals surface area contributed by atoms with E-state index < -0.39 is 10.0 Å². The Kier molecular flexibility index (Phi) is 5.28. The zero-order valence-electron chi connectivity index (χ0n) is 12.3. The number of carbonyl (C=O) groups is 1. The molecule has 2 aromatic rings. The maximum absolute atomic E-state index is 12.2. The fourth-order valence-corrected chi connectivity index (χ4v) is 3.60. The summed E-state index contributed by atoms with van der Waals surface area (Å²) in [6, 6.07) is 6.00. The van der Waals surface area contributed by atoms with Crippen molar-refractivity contribution in [3.05, 3.63) is 40.9 Å². The van der Waals surface area contributed by atoms with Gasteiger partial charge in [0.1, 0.15) is 0 Å². The van der Waals surface area contributed by atoms with E-state index in [4.69, 9.17) is 0 Å². The van der Waals surface area contributed by atoms with Crippen molar-refractivity contribution in [3.8, 4) is 0 Å². The number of nitrogens with one attached hydrogen (secondary N) is 2. The number of Topliss-reactive ketones (excluding diaryl/α,β-unsaturated/α-hetero) is 1. The number of hydrogen-bond acceptors (Lipinski definition) is 6. The van der Waals surface area contributed by atoms with E-state index in [1.165, 1.54) is 30.4 Å². The van der Waals surface area contributed by atoms with Gasteiger partial charge in [0, 0.05) is 31.0 Å². The molecule has 0 unspecified atom stereocenters. The molecule has 1 aromatic carbocycles. The van der Waals surface area contributed by atoms with Gasteiger partial charge in [0.2, 0.25) is 10.0 Å². The SMILES string of the molecule is CNc1nc(CCNS(=O)(=O)c2cccc(C(C)=O)c2)cs1. The summed E-state index contributed by atoms with van der Waals surface area (Å²) >= 11 is 1.47. The average molecular weight is 339 g/mol. The van der Waals surface area contributed by atoms with E-state index in [0.29, 0.717) is 12.0 Å². The lowest BCUT2D eigenvalue weighted by Gasteiger charge is -2.07. The Morgan fingerprint density at radius 3 is 2.77 bits per heavy atom. The van der Waals surface area contributed by atoms with E-state index in [1.807, 2.05) is 5.38 Å². The summed E-state index contributed by atoms with van der Waals surface area (Å²) in [4.78, 5) is 15.7. The minimum absolute atomic E-state index is 0.0920. The minimum atomic E-state index is -3.63. The second kappa shape index (κ2) is 6.99. The maximum Gasteiger partial charge on any atom is 0.240 e. The molecule has 22 heavy (non-hydrogen) atoms. The highest BCUT2D eigenvalue weighted by Gasteiger charge is 2.15. The number of ketones is 1. The summed E-state index contributed by atoms with van der Waals surface area (Å²) in [5, 5.41) is 5.62. The van der Waals surface area contributed by atoms with Crippen LogP contribution in [-0.4, -0.2) is 32.8 Å². The van der Waals surface area contributed by atoms with Gasteiger partial charge in [-0.05, 0) is 19.1 Å². The molecule has 0 aliphatic rings. The van der Waals surface area contributed by atoms with Crippen molar-refractivity contribution in [2.24, 2.45) is 0 Å². The van der Waals surface area contributed by atoms with Gasteiger partial charge in [-0.2, -0.15) is 0 Å². The molecule has 8 heteroatoms. The maximum atomic E-state index is 12.2. The third-order valence-electron chi connectivity index (χ3n) is 2.99. The number of sulfonamides is 1. The zero-order valence-corrected chi connectivity index (χ0v) is 13.9. The Labute approximate surface area is 133 Å². The third kappa shape index (κ3) is 4.12. The van der Waals surface area contributed by atoms with Gasteiger partial charge in [0.05, 0.1) is 10.6 Å². The van der Waals surface area contributed by atoms with Gasteiger partial charge < -0.3 is 5.32 Å². The van der Waals surface area contributed by atoms with Crippen LogP contribution >= 0.6 is 11.3 Å². The fraction of sp³-hybridized carbons (Fsp3) is 0.286. The molecule has 0 spiro atoms. The monoisotopic (exact) mass is 339 g/mol. The zero-order chi connectivity index (χ0) is 16.2. The van der Waals surface area contributed by atoms with Gasteiger partial charge in [0.25, 0.3) is 0 Å². The van der Waals surface area contributed by atoms with E-state index in [9.17, 15) is 13.2 Å². The minimum Gasteiger partial charge on any atom is -0.365 e. The van der Waals surface area contributed by atoms with Gasteiger partial charge in [-0.3, -0.25) is 4.79 Å². The quantitative estimate of drug-likeness (QED) is 0.752. The predicted molar refractivity (Wildman–Crippen MR) is 87.0 cm³/mol. The van der Waals surface area contributed by atoms with Crippen molar-refractivity contribution in [2.75, 3.05) is 18.9 Å². The van der Waals surface area contributed by atoms with Crippen molar-refractivity contribution < 1.29 is 13.2 Å². The molecule has 2 rings (SSSR count). The highest BCUT2D eigenvalue weighted by molar-refractivity contribution is 7.89.